The van der Waals surface area contributed by atoms with Crippen LogP contribution in [0.3, 0.4) is 0 Å². The highest BCUT2D eigenvalue weighted by molar-refractivity contribution is 7.03. The predicted molar refractivity (Wildman–Crippen MR) is 51.4 cm³/mol. The number of nitrogens with zero attached hydrogens (tertiary/aromatic N) is 2. The van der Waals surface area contributed by atoms with Crippen molar-refractivity contribution in [3.63, 3.8) is 0 Å². The number of carbonyl (C=O) groups is 2. The van der Waals surface area contributed by atoms with E-state index in [1.807, 2.05) is 0 Å². The van der Waals surface area contributed by atoms with Gasteiger partial charge in [-0.1, -0.05) is 0 Å². The number of aliphatic carboxylic acids is 1. The maximum absolute atomic E-state index is 11.6. The molecule has 1 heterocycles. The number of amides is 1. The standard InChI is InChI=1S/C8H10N2O3S/c1-5-6(4-14-9-5)8(13)10(2)3-7(11)12/h4H,3H2,1-2H3,(H,11,12). The van der Waals surface area contributed by atoms with Gasteiger partial charge < -0.3 is 10.0 Å². The van der Waals surface area contributed by atoms with E-state index >= 15 is 0 Å². The number of likely N-dealkylation sites (N-methyl/N-ethyl adjacent to an activating group) is 1. The van der Waals surface area contributed by atoms with Gasteiger partial charge >= 0.3 is 5.97 Å². The highest BCUT2D eigenvalue weighted by Crippen LogP contribution is 2.11. The minimum Gasteiger partial charge on any atom is -0.480 e. The fraction of sp³-hybridized carbons (Fsp3) is 0.375. The minimum atomic E-state index is -1.03. The zero-order valence-electron chi connectivity index (χ0n) is 7.85. The Balaban J connectivity index is 2.76. The summed E-state index contributed by atoms with van der Waals surface area (Å²) in [5.74, 6) is -1.33. The largest absolute Gasteiger partial charge is 0.480 e. The second kappa shape index (κ2) is 4.19. The molecular formula is C8H10N2O3S. The number of rotatable bonds is 3. The molecule has 0 radical (unpaired) electrons. The molecule has 1 aromatic heterocycles. The van der Waals surface area contributed by atoms with Gasteiger partial charge in [-0.05, 0) is 18.5 Å². The van der Waals surface area contributed by atoms with Crippen LogP contribution in [0.25, 0.3) is 0 Å². The molecule has 14 heavy (non-hydrogen) atoms. The first-order chi connectivity index (χ1) is 6.52. The molecule has 0 aliphatic rings. The normalized spacial score (nSPS) is 9.86. The lowest BCUT2D eigenvalue weighted by atomic mass is 10.2. The molecule has 1 rings (SSSR count). The van der Waals surface area contributed by atoms with Crippen molar-refractivity contribution in [2.24, 2.45) is 0 Å². The minimum absolute atomic E-state index is 0.298. The second-order valence-electron chi connectivity index (χ2n) is 2.87. The van der Waals surface area contributed by atoms with E-state index < -0.39 is 5.97 Å². The molecule has 0 atom stereocenters. The van der Waals surface area contributed by atoms with Gasteiger partial charge in [0.15, 0.2) is 0 Å². The van der Waals surface area contributed by atoms with Crippen LogP contribution in [0.2, 0.25) is 0 Å². The summed E-state index contributed by atoms with van der Waals surface area (Å²) in [6.07, 6.45) is 0. The van der Waals surface area contributed by atoms with Crippen molar-refractivity contribution < 1.29 is 14.7 Å². The summed E-state index contributed by atoms with van der Waals surface area (Å²) in [5, 5.41) is 10.1. The summed E-state index contributed by atoms with van der Waals surface area (Å²) in [5.41, 5.74) is 1.11. The lowest BCUT2D eigenvalue weighted by molar-refractivity contribution is -0.137. The lowest BCUT2D eigenvalue weighted by Crippen LogP contribution is -2.32. The number of carbonyl (C=O) groups excluding carboxylic acids is 1. The van der Waals surface area contributed by atoms with E-state index in [1.54, 1.807) is 12.3 Å². The molecule has 0 aromatic carbocycles. The van der Waals surface area contributed by atoms with Crippen molar-refractivity contribution >= 4 is 23.4 Å². The average Bonchev–Trinajstić information content (AvgIpc) is 2.48. The van der Waals surface area contributed by atoms with Crippen LogP contribution in [0.1, 0.15) is 16.1 Å². The van der Waals surface area contributed by atoms with Crippen LogP contribution in [0.15, 0.2) is 5.38 Å². The van der Waals surface area contributed by atoms with Crippen molar-refractivity contribution in [1.29, 1.82) is 0 Å². The van der Waals surface area contributed by atoms with Crippen LogP contribution in [0, 0.1) is 6.92 Å². The molecule has 6 heteroatoms. The maximum Gasteiger partial charge on any atom is 0.323 e. The molecule has 0 spiro atoms. The average molecular weight is 214 g/mol. The van der Waals surface area contributed by atoms with Crippen molar-refractivity contribution in [3.8, 4) is 0 Å². The predicted octanol–water partition coefficient (Wildman–Crippen LogP) is 0.608. The Bertz CT molecular complexity index is 361. The van der Waals surface area contributed by atoms with E-state index in [4.69, 9.17) is 5.11 Å². The highest BCUT2D eigenvalue weighted by Gasteiger charge is 2.17. The van der Waals surface area contributed by atoms with Crippen LogP contribution in [-0.2, 0) is 4.79 Å². The molecule has 76 valence electrons. The SMILES string of the molecule is Cc1nscc1C(=O)N(C)CC(=O)O. The van der Waals surface area contributed by atoms with E-state index in [2.05, 4.69) is 4.37 Å². The number of hydrogen-bond acceptors (Lipinski definition) is 4. The molecule has 0 aliphatic carbocycles. The highest BCUT2D eigenvalue weighted by atomic mass is 32.1. The van der Waals surface area contributed by atoms with Gasteiger partial charge in [0, 0.05) is 12.4 Å². The van der Waals surface area contributed by atoms with Gasteiger partial charge in [0.2, 0.25) is 0 Å². The van der Waals surface area contributed by atoms with Crippen LogP contribution >= 0.6 is 11.5 Å². The van der Waals surface area contributed by atoms with Gasteiger partial charge in [-0.15, -0.1) is 0 Å². The third kappa shape index (κ3) is 2.29. The van der Waals surface area contributed by atoms with Crippen molar-refractivity contribution in [3.05, 3.63) is 16.6 Å². The number of aromatic nitrogens is 1. The molecule has 0 saturated carbocycles. The Morgan fingerprint density at radius 1 is 1.64 bits per heavy atom. The molecule has 0 bridgehead atoms. The van der Waals surface area contributed by atoms with Gasteiger partial charge in [0.05, 0.1) is 11.3 Å². The van der Waals surface area contributed by atoms with Gasteiger partial charge in [0.25, 0.3) is 5.91 Å². The third-order valence-corrected chi connectivity index (χ3v) is 2.42. The Hall–Kier alpha value is -1.43. The number of carboxylic acids is 1. The molecule has 0 unspecified atom stereocenters. The smallest absolute Gasteiger partial charge is 0.323 e. The molecule has 5 nitrogen and oxygen atoms in total. The van der Waals surface area contributed by atoms with E-state index in [0.717, 1.165) is 4.90 Å². The molecule has 0 fully saturated rings. The van der Waals surface area contributed by atoms with E-state index in [9.17, 15) is 9.59 Å². The zero-order chi connectivity index (χ0) is 10.7. The van der Waals surface area contributed by atoms with Gasteiger partial charge in [0.1, 0.15) is 6.54 Å². The summed E-state index contributed by atoms with van der Waals surface area (Å²) in [6, 6.07) is 0. The van der Waals surface area contributed by atoms with E-state index in [-0.39, 0.29) is 12.5 Å². The fourth-order valence-electron chi connectivity index (χ4n) is 0.978. The van der Waals surface area contributed by atoms with Crippen LogP contribution in [0.5, 0.6) is 0 Å². The van der Waals surface area contributed by atoms with Crippen molar-refractivity contribution in [1.82, 2.24) is 9.27 Å². The topological polar surface area (TPSA) is 70.5 Å². The summed E-state index contributed by atoms with van der Waals surface area (Å²) in [4.78, 5) is 23.1. The van der Waals surface area contributed by atoms with Crippen molar-refractivity contribution in [2.75, 3.05) is 13.6 Å². The second-order valence-corrected chi connectivity index (χ2v) is 3.50. The summed E-state index contributed by atoms with van der Waals surface area (Å²) in [7, 11) is 1.45. The Labute approximate surface area is 85.1 Å². The molecule has 1 amide bonds. The molecule has 0 aliphatic heterocycles. The van der Waals surface area contributed by atoms with Crippen LogP contribution in [0.4, 0.5) is 0 Å². The molecule has 1 aromatic rings. The van der Waals surface area contributed by atoms with Gasteiger partial charge in [-0.25, -0.2) is 0 Å². The number of aryl methyl sites for hydroxylation is 1. The Morgan fingerprint density at radius 3 is 2.71 bits per heavy atom. The quantitative estimate of drug-likeness (QED) is 0.800. The summed E-state index contributed by atoms with van der Waals surface area (Å²) < 4.78 is 3.95. The Kier molecular flexibility index (Phi) is 3.19. The number of carboxylic acid groups (broad SMARTS) is 1. The Morgan fingerprint density at radius 2 is 2.29 bits per heavy atom. The van der Waals surface area contributed by atoms with Crippen LogP contribution < -0.4 is 0 Å². The van der Waals surface area contributed by atoms with Crippen LogP contribution in [-0.4, -0.2) is 39.8 Å². The van der Waals surface area contributed by atoms with E-state index in [1.165, 1.54) is 18.6 Å². The van der Waals surface area contributed by atoms with Gasteiger partial charge in [-0.2, -0.15) is 4.37 Å². The summed E-state index contributed by atoms with van der Waals surface area (Å²) in [6.45, 7) is 1.42. The fourth-order valence-corrected chi connectivity index (χ4v) is 1.66. The lowest BCUT2D eigenvalue weighted by Gasteiger charge is -2.13. The monoisotopic (exact) mass is 214 g/mol. The number of hydrogen-bond donors (Lipinski definition) is 1. The van der Waals surface area contributed by atoms with E-state index in [0.29, 0.717) is 11.3 Å². The zero-order valence-corrected chi connectivity index (χ0v) is 8.67. The maximum atomic E-state index is 11.6. The first-order valence-corrected chi connectivity index (χ1v) is 4.74. The molecular weight excluding hydrogens is 204 g/mol. The first kappa shape index (κ1) is 10.6. The molecule has 1 N–H and O–H groups in total. The summed E-state index contributed by atoms with van der Waals surface area (Å²) >= 11 is 1.19. The van der Waals surface area contributed by atoms with Gasteiger partial charge in [-0.3, -0.25) is 9.59 Å². The van der Waals surface area contributed by atoms with Crippen molar-refractivity contribution in [2.45, 2.75) is 6.92 Å². The third-order valence-electron chi connectivity index (χ3n) is 1.70. The first-order valence-electron chi connectivity index (χ1n) is 3.90. The molecule has 0 saturated heterocycles.